The molecule has 0 aliphatic heterocycles. The molecule has 0 unspecified atom stereocenters. The van der Waals surface area contributed by atoms with Crippen molar-refractivity contribution >= 4 is 40.6 Å². The van der Waals surface area contributed by atoms with Crippen molar-refractivity contribution in [2.24, 2.45) is 0 Å². The molecule has 8 heteroatoms. The van der Waals surface area contributed by atoms with Crippen LogP contribution in [0.15, 0.2) is 67.0 Å². The van der Waals surface area contributed by atoms with Gasteiger partial charge in [-0.15, -0.1) is 0 Å². The minimum Gasteiger partial charge on any atom is -0.457 e. The summed E-state index contributed by atoms with van der Waals surface area (Å²) in [6, 6.07) is 15.0. The van der Waals surface area contributed by atoms with Gasteiger partial charge >= 0.3 is 6.03 Å². The third-order valence-electron chi connectivity index (χ3n) is 3.22. The molecule has 0 radical (unpaired) electrons. The average molecular weight is 389 g/mol. The van der Waals surface area contributed by atoms with E-state index in [1.54, 1.807) is 67.0 Å². The van der Waals surface area contributed by atoms with Crippen molar-refractivity contribution in [3.8, 4) is 11.5 Å². The molecule has 3 aromatic rings. The van der Waals surface area contributed by atoms with Crippen molar-refractivity contribution in [3.63, 3.8) is 0 Å². The van der Waals surface area contributed by atoms with Crippen LogP contribution in [0.5, 0.6) is 11.5 Å². The maximum Gasteiger partial charge on any atom is 0.337 e. The number of nitrogens with one attached hydrogen (secondary N) is 3. The van der Waals surface area contributed by atoms with Gasteiger partial charge in [-0.1, -0.05) is 29.3 Å². The van der Waals surface area contributed by atoms with E-state index >= 15 is 0 Å². The van der Waals surface area contributed by atoms with Crippen LogP contribution in [0.3, 0.4) is 0 Å². The number of halogens is 2. The summed E-state index contributed by atoms with van der Waals surface area (Å²) in [4.78, 5) is 15.9. The maximum atomic E-state index is 12.0. The van der Waals surface area contributed by atoms with Gasteiger partial charge in [0, 0.05) is 24.1 Å². The predicted molar refractivity (Wildman–Crippen MR) is 103 cm³/mol. The molecule has 6 nitrogen and oxygen atoms in total. The molecule has 1 aromatic heterocycles. The average Bonchev–Trinajstić information content (AvgIpc) is 2.64. The minimum absolute atomic E-state index is 0.360. The number of hydrogen-bond acceptors (Lipinski definition) is 4. The molecule has 0 saturated carbocycles. The molecule has 0 atom stereocenters. The summed E-state index contributed by atoms with van der Waals surface area (Å²) in [5, 5.41) is 3.42. The normalized spacial score (nSPS) is 10.1. The van der Waals surface area contributed by atoms with Crippen molar-refractivity contribution in [1.82, 2.24) is 10.4 Å². The molecule has 2 amide bonds. The van der Waals surface area contributed by atoms with Crippen LogP contribution in [-0.4, -0.2) is 11.0 Å². The number of rotatable bonds is 5. The molecule has 1 heterocycles. The highest BCUT2D eigenvalue weighted by molar-refractivity contribution is 6.42. The monoisotopic (exact) mass is 388 g/mol. The smallest absolute Gasteiger partial charge is 0.337 e. The molecule has 3 rings (SSSR count). The number of carbonyl (C=O) groups is 1. The van der Waals surface area contributed by atoms with E-state index in [9.17, 15) is 4.79 Å². The number of nitrogens with zero attached hydrogens (tertiary/aromatic N) is 1. The zero-order valence-electron chi connectivity index (χ0n) is 13.4. The van der Waals surface area contributed by atoms with Crippen LogP contribution in [0.25, 0.3) is 0 Å². The zero-order chi connectivity index (χ0) is 18.4. The number of benzene rings is 2. The molecule has 132 valence electrons. The van der Waals surface area contributed by atoms with E-state index in [0.29, 0.717) is 32.9 Å². The highest BCUT2D eigenvalue weighted by Crippen LogP contribution is 2.25. The Bertz CT molecular complexity index is 907. The van der Waals surface area contributed by atoms with Crippen LogP contribution in [0.4, 0.5) is 16.2 Å². The van der Waals surface area contributed by atoms with E-state index in [2.05, 4.69) is 21.2 Å². The fourth-order valence-corrected chi connectivity index (χ4v) is 2.34. The minimum atomic E-state index is -0.455. The van der Waals surface area contributed by atoms with Gasteiger partial charge in [0.25, 0.3) is 0 Å². The molecule has 0 aliphatic rings. The van der Waals surface area contributed by atoms with Crippen LogP contribution in [-0.2, 0) is 0 Å². The van der Waals surface area contributed by atoms with E-state index in [1.165, 1.54) is 0 Å². The lowest BCUT2D eigenvalue weighted by Gasteiger charge is -2.12. The second-order valence-corrected chi connectivity index (χ2v) is 5.96. The lowest BCUT2D eigenvalue weighted by molar-refractivity contribution is 0.254. The number of anilines is 2. The first-order valence-electron chi connectivity index (χ1n) is 7.56. The molecular formula is C18H14Cl2N4O2. The van der Waals surface area contributed by atoms with Crippen molar-refractivity contribution in [1.29, 1.82) is 0 Å². The molecule has 0 bridgehead atoms. The van der Waals surface area contributed by atoms with Gasteiger partial charge in [-0.2, -0.15) is 0 Å². The molecule has 2 aromatic carbocycles. The summed E-state index contributed by atoms with van der Waals surface area (Å²) in [5.41, 5.74) is 6.51. The molecule has 0 fully saturated rings. The third kappa shape index (κ3) is 5.02. The fourth-order valence-electron chi connectivity index (χ4n) is 2.04. The number of amides is 2. The van der Waals surface area contributed by atoms with Crippen LogP contribution in [0.2, 0.25) is 10.0 Å². The Labute approximate surface area is 160 Å². The first-order valence-corrected chi connectivity index (χ1v) is 8.32. The molecular weight excluding hydrogens is 375 g/mol. The van der Waals surface area contributed by atoms with Crippen molar-refractivity contribution < 1.29 is 9.53 Å². The third-order valence-corrected chi connectivity index (χ3v) is 3.96. The van der Waals surface area contributed by atoms with Crippen molar-refractivity contribution in [2.75, 3.05) is 10.7 Å². The van der Waals surface area contributed by atoms with Gasteiger partial charge < -0.3 is 10.1 Å². The Kier molecular flexibility index (Phi) is 5.78. The number of ether oxygens (including phenoxy) is 1. The lowest BCUT2D eigenvalue weighted by Crippen LogP contribution is -2.33. The van der Waals surface area contributed by atoms with E-state index in [0.717, 1.165) is 0 Å². The Morgan fingerprint density at radius 3 is 2.46 bits per heavy atom. The van der Waals surface area contributed by atoms with Crippen LogP contribution in [0.1, 0.15) is 0 Å². The summed E-state index contributed by atoms with van der Waals surface area (Å²) < 4.78 is 5.71. The van der Waals surface area contributed by atoms with E-state index < -0.39 is 6.03 Å². The Morgan fingerprint density at radius 2 is 1.69 bits per heavy atom. The van der Waals surface area contributed by atoms with Gasteiger partial charge in [-0.3, -0.25) is 15.8 Å². The number of hydrazine groups is 1. The first kappa shape index (κ1) is 17.8. The second-order valence-electron chi connectivity index (χ2n) is 5.15. The Morgan fingerprint density at radius 1 is 0.885 bits per heavy atom. The Hall–Kier alpha value is -2.96. The highest BCUT2D eigenvalue weighted by Gasteiger charge is 2.05. The van der Waals surface area contributed by atoms with Crippen LogP contribution in [0, 0.1) is 0 Å². The van der Waals surface area contributed by atoms with Gasteiger partial charge in [0.1, 0.15) is 11.5 Å². The van der Waals surface area contributed by atoms with Gasteiger partial charge in [0.05, 0.1) is 15.7 Å². The summed E-state index contributed by atoms with van der Waals surface area (Å²) in [6.07, 6.45) is 3.29. The standard InChI is InChI=1S/C18H14Cl2N4O2/c19-16-5-4-12(11-17(16)20)22-18(25)24-23-13-2-1-3-15(10-13)26-14-6-8-21-9-7-14/h1-11,23H,(H2,22,24,25). The molecule has 0 aliphatic carbocycles. The van der Waals surface area contributed by atoms with E-state index in [4.69, 9.17) is 27.9 Å². The number of urea groups is 1. The zero-order valence-corrected chi connectivity index (χ0v) is 14.9. The molecule has 0 saturated heterocycles. The van der Waals surface area contributed by atoms with Crippen LogP contribution >= 0.6 is 23.2 Å². The number of hydrogen-bond donors (Lipinski definition) is 3. The number of pyridine rings is 1. The quantitative estimate of drug-likeness (QED) is 0.516. The lowest BCUT2D eigenvalue weighted by atomic mass is 10.3. The molecule has 0 spiro atoms. The second kappa shape index (κ2) is 8.42. The molecule has 3 N–H and O–H groups in total. The van der Waals surface area contributed by atoms with Gasteiger partial charge in [-0.05, 0) is 42.5 Å². The fraction of sp³-hybridized carbons (Fsp3) is 0. The first-order chi connectivity index (χ1) is 12.6. The number of aromatic nitrogens is 1. The van der Waals surface area contributed by atoms with E-state index in [1.807, 2.05) is 0 Å². The summed E-state index contributed by atoms with van der Waals surface area (Å²) in [6.45, 7) is 0. The maximum absolute atomic E-state index is 12.0. The highest BCUT2D eigenvalue weighted by atomic mass is 35.5. The van der Waals surface area contributed by atoms with E-state index in [-0.39, 0.29) is 0 Å². The molecule has 26 heavy (non-hydrogen) atoms. The topological polar surface area (TPSA) is 75.3 Å². The van der Waals surface area contributed by atoms with Crippen LogP contribution < -0.4 is 20.9 Å². The van der Waals surface area contributed by atoms with Gasteiger partial charge in [0.15, 0.2) is 0 Å². The van der Waals surface area contributed by atoms with Gasteiger partial charge in [-0.25, -0.2) is 4.79 Å². The largest absolute Gasteiger partial charge is 0.457 e. The summed E-state index contributed by atoms with van der Waals surface area (Å²) in [7, 11) is 0. The predicted octanol–water partition coefficient (Wildman–Crippen LogP) is 5.33. The summed E-state index contributed by atoms with van der Waals surface area (Å²) in [5.74, 6) is 1.29. The van der Waals surface area contributed by atoms with Crippen molar-refractivity contribution in [2.45, 2.75) is 0 Å². The number of carbonyl (C=O) groups excluding carboxylic acids is 1. The SMILES string of the molecule is O=C(NNc1cccc(Oc2ccncc2)c1)Nc1ccc(Cl)c(Cl)c1. The Balaban J connectivity index is 1.56. The van der Waals surface area contributed by atoms with Crippen molar-refractivity contribution in [3.05, 3.63) is 77.0 Å². The van der Waals surface area contributed by atoms with Gasteiger partial charge in [0.2, 0.25) is 0 Å². The summed E-state index contributed by atoms with van der Waals surface area (Å²) >= 11 is 11.8.